The van der Waals surface area contributed by atoms with Crippen LogP contribution in [0.15, 0.2) is 24.3 Å². The Morgan fingerprint density at radius 3 is 2.21 bits per heavy atom. The van der Waals surface area contributed by atoms with Gasteiger partial charge in [0.1, 0.15) is 5.75 Å². The van der Waals surface area contributed by atoms with Crippen molar-refractivity contribution in [3.05, 3.63) is 29.8 Å². The molecule has 0 atom stereocenters. The highest BCUT2D eigenvalue weighted by Gasteiger charge is 2.66. The number of nitrogens with zero attached hydrogens (tertiary/aromatic N) is 1. The Morgan fingerprint density at radius 2 is 1.56 bits per heavy atom. The van der Waals surface area contributed by atoms with E-state index in [0.29, 0.717) is 36.6 Å². The summed E-state index contributed by atoms with van der Waals surface area (Å²) in [6.07, 6.45) is 9.92. The van der Waals surface area contributed by atoms with Gasteiger partial charge in [0.25, 0.3) is 0 Å². The van der Waals surface area contributed by atoms with E-state index >= 15 is 0 Å². The molecule has 2 aliphatic heterocycles. The van der Waals surface area contributed by atoms with E-state index in [1.807, 2.05) is 12.1 Å². The first-order valence-electron chi connectivity index (χ1n) is 13.5. The summed E-state index contributed by atoms with van der Waals surface area (Å²) in [6, 6.07) is 8.06. The molecule has 7 fully saturated rings. The third kappa shape index (κ3) is 3.58. The molecule has 7 heteroatoms. The highest BCUT2D eigenvalue weighted by atomic mass is 17.3. The van der Waals surface area contributed by atoms with E-state index in [4.69, 9.17) is 19.2 Å². The highest BCUT2D eigenvalue weighted by molar-refractivity contribution is 5.70. The Hall–Kier alpha value is -1.67. The van der Waals surface area contributed by atoms with Gasteiger partial charge in [-0.25, -0.2) is 4.79 Å². The zero-order chi connectivity index (χ0) is 22.8. The third-order valence-corrected chi connectivity index (χ3v) is 9.62. The molecule has 2 saturated heterocycles. The fourth-order valence-electron chi connectivity index (χ4n) is 8.01. The summed E-state index contributed by atoms with van der Waals surface area (Å²) in [5.41, 5.74) is 1.29. The molecule has 5 aliphatic carbocycles. The van der Waals surface area contributed by atoms with E-state index in [1.165, 1.54) is 37.7 Å². The van der Waals surface area contributed by atoms with Crippen LogP contribution in [0, 0.1) is 23.7 Å². The molecular formula is C27H36N2O5. The molecule has 184 valence electrons. The standard InChI is InChI=1S/C27H36N2O5/c30-25(29-11-9-28-10-12-29)31-24-3-1-20(2-4-24)21-5-7-26(8-6-21)32-27(34-33-26)22-14-18-13-19(16-22)17-23(27)15-18/h1-4,18-19,21-23,28H,5-17H2. The molecule has 0 radical (unpaired) electrons. The van der Waals surface area contributed by atoms with Crippen LogP contribution in [0.25, 0.3) is 0 Å². The van der Waals surface area contributed by atoms with Gasteiger partial charge in [-0.15, -0.1) is 0 Å². The van der Waals surface area contributed by atoms with Crippen LogP contribution in [0.4, 0.5) is 4.79 Å². The van der Waals surface area contributed by atoms with Crippen molar-refractivity contribution in [1.82, 2.24) is 10.2 Å². The lowest BCUT2D eigenvalue weighted by Crippen LogP contribution is -2.59. The largest absolute Gasteiger partial charge is 0.415 e. The van der Waals surface area contributed by atoms with Gasteiger partial charge in [-0.2, -0.15) is 9.78 Å². The molecule has 7 nitrogen and oxygen atoms in total. The topological polar surface area (TPSA) is 69.3 Å². The average Bonchev–Trinajstić information content (AvgIpc) is 3.23. The highest BCUT2D eigenvalue weighted by Crippen LogP contribution is 2.64. The van der Waals surface area contributed by atoms with E-state index < -0.39 is 11.6 Å². The Morgan fingerprint density at radius 1 is 0.912 bits per heavy atom. The number of piperazine rings is 1. The van der Waals surface area contributed by atoms with Gasteiger partial charge < -0.3 is 19.7 Å². The van der Waals surface area contributed by atoms with E-state index in [2.05, 4.69) is 17.4 Å². The van der Waals surface area contributed by atoms with Gasteiger partial charge in [-0.3, -0.25) is 0 Å². The molecular weight excluding hydrogens is 432 g/mol. The van der Waals surface area contributed by atoms with Crippen LogP contribution < -0.4 is 10.1 Å². The lowest BCUT2D eigenvalue weighted by Gasteiger charge is -2.57. The molecule has 2 heterocycles. The van der Waals surface area contributed by atoms with Gasteiger partial charge in [-0.05, 0) is 80.4 Å². The summed E-state index contributed by atoms with van der Waals surface area (Å²) in [6.45, 7) is 3.02. The fourth-order valence-corrected chi connectivity index (χ4v) is 8.01. The molecule has 0 unspecified atom stereocenters. The molecule has 1 aromatic rings. The third-order valence-electron chi connectivity index (χ3n) is 9.62. The number of carbonyl (C=O) groups excluding carboxylic acids is 1. The van der Waals surface area contributed by atoms with Gasteiger partial charge in [0.15, 0.2) is 0 Å². The first-order chi connectivity index (χ1) is 16.6. The molecule has 1 N–H and O–H groups in total. The van der Waals surface area contributed by atoms with Crippen LogP contribution in [0.1, 0.15) is 69.3 Å². The van der Waals surface area contributed by atoms with Crippen LogP contribution in [0.5, 0.6) is 5.75 Å². The Kier molecular flexibility index (Phi) is 5.20. The van der Waals surface area contributed by atoms with Crippen molar-refractivity contribution in [1.29, 1.82) is 0 Å². The second kappa shape index (κ2) is 8.19. The smallest absolute Gasteiger partial charge is 0.410 e. The zero-order valence-corrected chi connectivity index (χ0v) is 19.9. The van der Waals surface area contributed by atoms with Crippen LogP contribution in [-0.4, -0.2) is 48.7 Å². The number of nitrogens with one attached hydrogen (secondary N) is 1. The van der Waals surface area contributed by atoms with E-state index in [-0.39, 0.29) is 6.09 Å². The van der Waals surface area contributed by atoms with E-state index in [1.54, 1.807) is 4.90 Å². The lowest BCUT2D eigenvalue weighted by molar-refractivity contribution is -0.390. The number of hydrogen-bond donors (Lipinski definition) is 1. The van der Waals surface area contributed by atoms with Crippen LogP contribution >= 0.6 is 0 Å². The predicted octanol–water partition coefficient (Wildman–Crippen LogP) is 4.58. The minimum Gasteiger partial charge on any atom is -0.410 e. The molecule has 4 bridgehead atoms. The molecule has 2 spiro atoms. The molecule has 0 aromatic heterocycles. The maximum Gasteiger partial charge on any atom is 0.415 e. The fraction of sp³-hybridized carbons (Fsp3) is 0.741. The summed E-state index contributed by atoms with van der Waals surface area (Å²) in [5, 5.41) is 3.25. The first-order valence-corrected chi connectivity index (χ1v) is 13.5. The van der Waals surface area contributed by atoms with Gasteiger partial charge in [0, 0.05) is 50.9 Å². The number of amides is 1. The van der Waals surface area contributed by atoms with Gasteiger partial charge >= 0.3 is 6.09 Å². The molecule has 34 heavy (non-hydrogen) atoms. The second-order valence-electron chi connectivity index (χ2n) is 11.7. The summed E-state index contributed by atoms with van der Waals surface area (Å²) < 4.78 is 12.4. The summed E-state index contributed by atoms with van der Waals surface area (Å²) in [5.74, 6) is 2.82. The lowest BCUT2D eigenvalue weighted by atomic mass is 9.53. The maximum atomic E-state index is 12.4. The van der Waals surface area contributed by atoms with Crippen molar-refractivity contribution in [3.63, 3.8) is 0 Å². The monoisotopic (exact) mass is 468 g/mol. The maximum absolute atomic E-state index is 12.4. The Balaban J connectivity index is 0.967. The predicted molar refractivity (Wildman–Crippen MR) is 124 cm³/mol. The SMILES string of the molecule is O=C(Oc1ccc(C2CCC3(CC2)OOC2(O3)C3CC4CC(C3)CC2C4)cc1)N1CCNCC1. The van der Waals surface area contributed by atoms with Crippen LogP contribution in [-0.2, 0) is 14.5 Å². The number of carbonyl (C=O) groups is 1. The molecule has 7 aliphatic rings. The van der Waals surface area contributed by atoms with Crippen LogP contribution in [0.2, 0.25) is 0 Å². The average molecular weight is 469 g/mol. The van der Waals surface area contributed by atoms with Crippen LogP contribution in [0.3, 0.4) is 0 Å². The van der Waals surface area contributed by atoms with Crippen molar-refractivity contribution in [2.45, 2.75) is 75.3 Å². The molecule has 5 saturated carbocycles. The van der Waals surface area contributed by atoms with Gasteiger partial charge in [-0.1, -0.05) is 12.1 Å². The minimum absolute atomic E-state index is 0.261. The van der Waals surface area contributed by atoms with Crippen molar-refractivity contribution in [3.8, 4) is 5.75 Å². The normalized spacial score (nSPS) is 43.1. The summed E-state index contributed by atoms with van der Waals surface area (Å²) in [4.78, 5) is 26.4. The minimum atomic E-state index is -0.565. The van der Waals surface area contributed by atoms with E-state index in [0.717, 1.165) is 50.6 Å². The quantitative estimate of drug-likeness (QED) is 0.641. The van der Waals surface area contributed by atoms with Crippen molar-refractivity contribution < 1.29 is 24.0 Å². The second-order valence-corrected chi connectivity index (χ2v) is 11.7. The van der Waals surface area contributed by atoms with Gasteiger partial charge in [0.2, 0.25) is 11.6 Å². The number of hydrogen-bond acceptors (Lipinski definition) is 6. The van der Waals surface area contributed by atoms with Gasteiger partial charge in [0.05, 0.1) is 0 Å². The summed E-state index contributed by atoms with van der Waals surface area (Å²) in [7, 11) is 0. The zero-order valence-electron chi connectivity index (χ0n) is 19.9. The molecule has 1 aromatic carbocycles. The molecule has 8 rings (SSSR count). The molecule has 1 amide bonds. The first kappa shape index (κ1) is 21.6. The number of benzene rings is 1. The number of rotatable bonds is 2. The number of ether oxygens (including phenoxy) is 2. The Labute approximate surface area is 201 Å². The van der Waals surface area contributed by atoms with Crippen molar-refractivity contribution in [2.75, 3.05) is 26.2 Å². The van der Waals surface area contributed by atoms with E-state index in [9.17, 15) is 4.79 Å². The van der Waals surface area contributed by atoms with Crippen molar-refractivity contribution in [2.24, 2.45) is 23.7 Å². The summed E-state index contributed by atoms with van der Waals surface area (Å²) >= 11 is 0. The Bertz CT molecular complexity index is 891. The van der Waals surface area contributed by atoms with Crippen molar-refractivity contribution >= 4 is 6.09 Å².